The molecule has 0 bridgehead atoms. The first-order chi connectivity index (χ1) is 6.20. The molecule has 0 aromatic rings. The SMILES string of the molecule is CCC(CN)NS(=O)(=O)CC(C)(C)C. The van der Waals surface area contributed by atoms with Crippen LogP contribution in [0, 0.1) is 5.41 Å². The Labute approximate surface area is 87.3 Å². The molecule has 0 saturated carbocycles. The molecule has 1 unspecified atom stereocenters. The van der Waals surface area contributed by atoms with Gasteiger partial charge in [0, 0.05) is 12.6 Å². The molecule has 0 aliphatic rings. The zero-order valence-electron chi connectivity index (χ0n) is 9.50. The fraction of sp³-hybridized carbons (Fsp3) is 1.00. The molecule has 0 spiro atoms. The van der Waals surface area contributed by atoms with Gasteiger partial charge in [0.15, 0.2) is 0 Å². The molecule has 0 heterocycles. The lowest BCUT2D eigenvalue weighted by molar-refractivity contribution is 0.452. The summed E-state index contributed by atoms with van der Waals surface area (Å²) in [6.07, 6.45) is 0.722. The number of nitrogens with one attached hydrogen (secondary N) is 1. The molecule has 0 aromatic heterocycles. The van der Waals surface area contributed by atoms with Crippen molar-refractivity contribution in [2.24, 2.45) is 11.1 Å². The van der Waals surface area contributed by atoms with Gasteiger partial charge in [-0.05, 0) is 11.8 Å². The van der Waals surface area contributed by atoms with Crippen LogP contribution >= 0.6 is 0 Å². The number of rotatable bonds is 5. The van der Waals surface area contributed by atoms with E-state index in [9.17, 15) is 8.42 Å². The molecule has 0 saturated heterocycles. The van der Waals surface area contributed by atoms with Crippen LogP contribution in [0.3, 0.4) is 0 Å². The third kappa shape index (κ3) is 6.34. The van der Waals surface area contributed by atoms with E-state index in [-0.39, 0.29) is 17.2 Å². The normalized spacial score (nSPS) is 15.5. The molecule has 14 heavy (non-hydrogen) atoms. The van der Waals surface area contributed by atoms with Gasteiger partial charge in [0.2, 0.25) is 10.0 Å². The molecule has 0 radical (unpaired) electrons. The Morgan fingerprint density at radius 2 is 1.86 bits per heavy atom. The third-order valence-corrected chi connectivity index (χ3v) is 3.69. The maximum absolute atomic E-state index is 11.6. The molecule has 86 valence electrons. The van der Waals surface area contributed by atoms with Gasteiger partial charge in [0.1, 0.15) is 0 Å². The van der Waals surface area contributed by atoms with E-state index >= 15 is 0 Å². The average Bonchev–Trinajstić information content (AvgIpc) is 1.95. The van der Waals surface area contributed by atoms with Gasteiger partial charge in [-0.3, -0.25) is 0 Å². The summed E-state index contributed by atoms with van der Waals surface area (Å²) in [5, 5.41) is 0. The van der Waals surface area contributed by atoms with Crippen LogP contribution in [0.15, 0.2) is 0 Å². The van der Waals surface area contributed by atoms with Crippen molar-refractivity contribution in [2.45, 2.75) is 40.2 Å². The minimum absolute atomic E-state index is 0.135. The first-order valence-electron chi connectivity index (χ1n) is 4.90. The lowest BCUT2D eigenvalue weighted by Gasteiger charge is -2.21. The van der Waals surface area contributed by atoms with Crippen molar-refractivity contribution in [2.75, 3.05) is 12.3 Å². The van der Waals surface area contributed by atoms with E-state index in [1.165, 1.54) is 0 Å². The highest BCUT2D eigenvalue weighted by Crippen LogP contribution is 2.15. The Balaban J connectivity index is 4.35. The van der Waals surface area contributed by atoms with Crippen LogP contribution in [0.4, 0.5) is 0 Å². The summed E-state index contributed by atoms with van der Waals surface area (Å²) in [5.41, 5.74) is 5.20. The van der Waals surface area contributed by atoms with Gasteiger partial charge in [0.25, 0.3) is 0 Å². The highest BCUT2D eigenvalue weighted by molar-refractivity contribution is 7.89. The standard InChI is InChI=1S/C9H22N2O2S/c1-5-8(6-10)11-14(12,13)7-9(2,3)4/h8,11H,5-7,10H2,1-4H3. The molecule has 1 atom stereocenters. The van der Waals surface area contributed by atoms with E-state index in [1.807, 2.05) is 27.7 Å². The van der Waals surface area contributed by atoms with Gasteiger partial charge in [-0.15, -0.1) is 0 Å². The lowest BCUT2D eigenvalue weighted by atomic mass is 10.0. The summed E-state index contributed by atoms with van der Waals surface area (Å²) < 4.78 is 25.8. The van der Waals surface area contributed by atoms with E-state index in [0.29, 0.717) is 6.54 Å². The highest BCUT2D eigenvalue weighted by Gasteiger charge is 2.23. The molecule has 0 rings (SSSR count). The smallest absolute Gasteiger partial charge is 0.212 e. The Morgan fingerprint density at radius 1 is 1.36 bits per heavy atom. The average molecular weight is 222 g/mol. The second kappa shape index (κ2) is 5.09. The third-order valence-electron chi connectivity index (χ3n) is 1.75. The summed E-state index contributed by atoms with van der Waals surface area (Å²) in [5.74, 6) is 0.135. The first kappa shape index (κ1) is 13.9. The zero-order chi connectivity index (χ0) is 11.4. The topological polar surface area (TPSA) is 72.2 Å². The largest absolute Gasteiger partial charge is 0.329 e. The van der Waals surface area contributed by atoms with Gasteiger partial charge in [0.05, 0.1) is 5.75 Å². The molecule has 3 N–H and O–H groups in total. The Morgan fingerprint density at radius 3 is 2.14 bits per heavy atom. The summed E-state index contributed by atoms with van der Waals surface area (Å²) in [4.78, 5) is 0. The van der Waals surface area contributed by atoms with Crippen molar-refractivity contribution in [3.63, 3.8) is 0 Å². The van der Waals surface area contributed by atoms with Crippen LogP contribution in [0.1, 0.15) is 34.1 Å². The monoisotopic (exact) mass is 222 g/mol. The Bertz CT molecular complexity index is 250. The minimum atomic E-state index is -3.19. The fourth-order valence-corrected chi connectivity index (χ4v) is 3.16. The summed E-state index contributed by atoms with van der Waals surface area (Å²) in [6.45, 7) is 7.96. The van der Waals surface area contributed by atoms with E-state index < -0.39 is 10.0 Å². The zero-order valence-corrected chi connectivity index (χ0v) is 10.3. The van der Waals surface area contributed by atoms with Crippen LogP contribution in [0.2, 0.25) is 0 Å². The Hall–Kier alpha value is -0.130. The summed E-state index contributed by atoms with van der Waals surface area (Å²) >= 11 is 0. The number of hydrogen-bond donors (Lipinski definition) is 2. The number of sulfonamides is 1. The molecule has 4 nitrogen and oxygen atoms in total. The van der Waals surface area contributed by atoms with Crippen LogP contribution in [0.25, 0.3) is 0 Å². The van der Waals surface area contributed by atoms with Gasteiger partial charge in [-0.2, -0.15) is 0 Å². The second-order valence-corrected chi connectivity index (χ2v) is 6.53. The number of hydrogen-bond acceptors (Lipinski definition) is 3. The molecular formula is C9H22N2O2S. The van der Waals surface area contributed by atoms with Crippen molar-refractivity contribution in [1.82, 2.24) is 4.72 Å². The van der Waals surface area contributed by atoms with Crippen LogP contribution in [-0.4, -0.2) is 26.8 Å². The van der Waals surface area contributed by atoms with Crippen molar-refractivity contribution < 1.29 is 8.42 Å². The van der Waals surface area contributed by atoms with E-state index in [2.05, 4.69) is 4.72 Å². The molecule has 0 aliphatic carbocycles. The van der Waals surface area contributed by atoms with Gasteiger partial charge in [-0.1, -0.05) is 27.7 Å². The van der Waals surface area contributed by atoms with E-state index in [1.54, 1.807) is 0 Å². The van der Waals surface area contributed by atoms with Crippen molar-refractivity contribution >= 4 is 10.0 Å². The minimum Gasteiger partial charge on any atom is -0.329 e. The maximum atomic E-state index is 11.6. The van der Waals surface area contributed by atoms with E-state index in [0.717, 1.165) is 6.42 Å². The predicted molar refractivity (Wildman–Crippen MR) is 59.5 cm³/mol. The van der Waals surface area contributed by atoms with Gasteiger partial charge in [-0.25, -0.2) is 13.1 Å². The molecule has 0 aliphatic heterocycles. The van der Waals surface area contributed by atoms with Gasteiger partial charge >= 0.3 is 0 Å². The fourth-order valence-electron chi connectivity index (χ4n) is 1.16. The summed E-state index contributed by atoms with van der Waals surface area (Å²) in [7, 11) is -3.19. The highest BCUT2D eigenvalue weighted by atomic mass is 32.2. The predicted octanol–water partition coefficient (Wildman–Crippen LogP) is 0.689. The molecule has 0 aromatic carbocycles. The first-order valence-corrected chi connectivity index (χ1v) is 6.55. The molecular weight excluding hydrogens is 200 g/mol. The van der Waals surface area contributed by atoms with Gasteiger partial charge < -0.3 is 5.73 Å². The van der Waals surface area contributed by atoms with Crippen LogP contribution in [-0.2, 0) is 10.0 Å². The quantitative estimate of drug-likeness (QED) is 0.719. The lowest BCUT2D eigenvalue weighted by Crippen LogP contribution is -2.42. The van der Waals surface area contributed by atoms with Crippen LogP contribution < -0.4 is 10.5 Å². The van der Waals surface area contributed by atoms with Crippen molar-refractivity contribution in [3.8, 4) is 0 Å². The molecule has 0 fully saturated rings. The van der Waals surface area contributed by atoms with Crippen molar-refractivity contribution in [3.05, 3.63) is 0 Å². The Kier molecular flexibility index (Phi) is 5.05. The summed E-state index contributed by atoms with van der Waals surface area (Å²) in [6, 6.07) is -0.137. The van der Waals surface area contributed by atoms with E-state index in [4.69, 9.17) is 5.73 Å². The second-order valence-electron chi connectivity index (χ2n) is 4.78. The molecule has 5 heteroatoms. The van der Waals surface area contributed by atoms with Crippen molar-refractivity contribution in [1.29, 1.82) is 0 Å². The molecule has 0 amide bonds. The maximum Gasteiger partial charge on any atom is 0.212 e. The number of nitrogens with two attached hydrogens (primary N) is 1. The van der Waals surface area contributed by atoms with Crippen LogP contribution in [0.5, 0.6) is 0 Å².